The molecule has 1 aliphatic rings. The Hall–Kier alpha value is 0.310. The van der Waals surface area contributed by atoms with Crippen LogP contribution in [0.25, 0.3) is 0 Å². The van der Waals surface area contributed by atoms with Crippen molar-refractivity contribution in [2.45, 2.75) is 52.5 Å². The van der Waals surface area contributed by atoms with E-state index in [2.05, 4.69) is 32.3 Å². The molecule has 0 aromatic carbocycles. The Kier molecular flexibility index (Phi) is 5.48. The van der Waals surface area contributed by atoms with Crippen molar-refractivity contribution in [3.63, 3.8) is 0 Å². The van der Waals surface area contributed by atoms with Crippen LogP contribution in [-0.2, 0) is 0 Å². The molecular formula is C13H27NS. The van der Waals surface area contributed by atoms with Gasteiger partial charge in [-0.3, -0.25) is 0 Å². The summed E-state index contributed by atoms with van der Waals surface area (Å²) in [4.78, 5) is 0. The van der Waals surface area contributed by atoms with E-state index >= 15 is 0 Å². The first-order valence-corrected chi connectivity index (χ1v) is 7.67. The minimum absolute atomic E-state index is 0.580. The highest BCUT2D eigenvalue weighted by Gasteiger charge is 2.31. The van der Waals surface area contributed by atoms with Crippen LogP contribution in [0.5, 0.6) is 0 Å². The SMILES string of the molecule is CSCCCNC1CCC(C)(C)CC1C. The molecule has 0 amide bonds. The topological polar surface area (TPSA) is 12.0 Å². The third-order valence-corrected chi connectivity index (χ3v) is 4.32. The van der Waals surface area contributed by atoms with Crippen molar-refractivity contribution >= 4 is 11.8 Å². The first-order chi connectivity index (χ1) is 7.05. The Bertz CT molecular complexity index is 179. The molecule has 0 aromatic heterocycles. The van der Waals surface area contributed by atoms with Gasteiger partial charge >= 0.3 is 0 Å². The van der Waals surface area contributed by atoms with E-state index in [4.69, 9.17) is 0 Å². The Balaban J connectivity index is 2.20. The van der Waals surface area contributed by atoms with E-state index in [1.54, 1.807) is 0 Å². The zero-order valence-electron chi connectivity index (χ0n) is 10.8. The second kappa shape index (κ2) is 6.15. The van der Waals surface area contributed by atoms with Crippen LogP contribution >= 0.6 is 11.8 Å². The summed E-state index contributed by atoms with van der Waals surface area (Å²) in [5, 5.41) is 3.73. The lowest BCUT2D eigenvalue weighted by atomic mass is 9.70. The number of hydrogen-bond donors (Lipinski definition) is 1. The number of rotatable bonds is 5. The summed E-state index contributed by atoms with van der Waals surface area (Å²) in [5.74, 6) is 2.14. The molecule has 2 heteroatoms. The fraction of sp³-hybridized carbons (Fsp3) is 1.00. The molecule has 0 bridgehead atoms. The normalized spacial score (nSPS) is 30.4. The second-order valence-electron chi connectivity index (χ2n) is 5.79. The molecule has 0 heterocycles. The first kappa shape index (κ1) is 13.4. The summed E-state index contributed by atoms with van der Waals surface area (Å²) >= 11 is 1.95. The summed E-state index contributed by atoms with van der Waals surface area (Å²) in [6, 6.07) is 0.778. The van der Waals surface area contributed by atoms with Gasteiger partial charge in [-0.2, -0.15) is 11.8 Å². The van der Waals surface area contributed by atoms with Crippen molar-refractivity contribution in [2.24, 2.45) is 11.3 Å². The Labute approximate surface area is 99.8 Å². The van der Waals surface area contributed by atoms with Gasteiger partial charge in [-0.15, -0.1) is 0 Å². The number of thioether (sulfide) groups is 1. The standard InChI is InChI=1S/C13H27NS/c1-11-10-13(2,3)7-6-12(11)14-8-5-9-15-4/h11-12,14H,5-10H2,1-4H3. The molecule has 15 heavy (non-hydrogen) atoms. The molecule has 1 nitrogen and oxygen atoms in total. The third kappa shape index (κ3) is 4.78. The Morgan fingerprint density at radius 3 is 2.73 bits per heavy atom. The smallest absolute Gasteiger partial charge is 0.00930 e. The van der Waals surface area contributed by atoms with Crippen LogP contribution in [0.15, 0.2) is 0 Å². The molecule has 0 radical (unpaired) electrons. The van der Waals surface area contributed by atoms with E-state index in [1.165, 1.54) is 38.0 Å². The third-order valence-electron chi connectivity index (χ3n) is 3.63. The van der Waals surface area contributed by atoms with E-state index in [1.807, 2.05) is 11.8 Å². The highest BCUT2D eigenvalue weighted by Crippen LogP contribution is 2.38. The van der Waals surface area contributed by atoms with Crippen molar-refractivity contribution in [1.29, 1.82) is 0 Å². The van der Waals surface area contributed by atoms with Gasteiger partial charge in [0.05, 0.1) is 0 Å². The molecule has 0 aromatic rings. The first-order valence-electron chi connectivity index (χ1n) is 6.27. The lowest BCUT2D eigenvalue weighted by Gasteiger charge is -2.39. The van der Waals surface area contributed by atoms with Gasteiger partial charge in [0, 0.05) is 6.04 Å². The fourth-order valence-corrected chi connectivity index (χ4v) is 3.19. The monoisotopic (exact) mass is 229 g/mol. The predicted molar refractivity (Wildman–Crippen MR) is 71.6 cm³/mol. The van der Waals surface area contributed by atoms with Crippen LogP contribution in [0.3, 0.4) is 0 Å². The van der Waals surface area contributed by atoms with Crippen molar-refractivity contribution in [1.82, 2.24) is 5.32 Å². The summed E-state index contributed by atoms with van der Waals surface area (Å²) in [6.07, 6.45) is 7.64. The van der Waals surface area contributed by atoms with Crippen molar-refractivity contribution in [3.05, 3.63) is 0 Å². The van der Waals surface area contributed by atoms with Crippen LogP contribution < -0.4 is 5.32 Å². The minimum Gasteiger partial charge on any atom is -0.314 e. The van der Waals surface area contributed by atoms with Gasteiger partial charge in [0.25, 0.3) is 0 Å². The Morgan fingerprint density at radius 2 is 2.13 bits per heavy atom. The molecule has 1 saturated carbocycles. The minimum atomic E-state index is 0.580. The molecule has 1 rings (SSSR count). The summed E-state index contributed by atoms with van der Waals surface area (Å²) in [6.45, 7) is 8.43. The lowest BCUT2D eigenvalue weighted by Crippen LogP contribution is -2.42. The second-order valence-corrected chi connectivity index (χ2v) is 6.78. The maximum absolute atomic E-state index is 3.73. The Morgan fingerprint density at radius 1 is 1.40 bits per heavy atom. The van der Waals surface area contributed by atoms with E-state index < -0.39 is 0 Å². The summed E-state index contributed by atoms with van der Waals surface area (Å²) in [7, 11) is 0. The van der Waals surface area contributed by atoms with Crippen LogP contribution in [0, 0.1) is 11.3 Å². The molecule has 2 unspecified atom stereocenters. The predicted octanol–water partition coefficient (Wildman–Crippen LogP) is 3.54. The largest absolute Gasteiger partial charge is 0.314 e. The molecule has 1 aliphatic carbocycles. The van der Waals surface area contributed by atoms with Gasteiger partial charge < -0.3 is 5.32 Å². The van der Waals surface area contributed by atoms with Gasteiger partial charge in [0.1, 0.15) is 0 Å². The average molecular weight is 229 g/mol. The number of nitrogens with one attached hydrogen (secondary N) is 1. The van der Waals surface area contributed by atoms with Crippen molar-refractivity contribution < 1.29 is 0 Å². The molecular weight excluding hydrogens is 202 g/mol. The molecule has 1 N–H and O–H groups in total. The van der Waals surface area contributed by atoms with Crippen LogP contribution in [0.4, 0.5) is 0 Å². The van der Waals surface area contributed by atoms with Gasteiger partial charge in [0.15, 0.2) is 0 Å². The quantitative estimate of drug-likeness (QED) is 0.724. The van der Waals surface area contributed by atoms with E-state index in [9.17, 15) is 0 Å². The molecule has 0 saturated heterocycles. The van der Waals surface area contributed by atoms with E-state index in [0.29, 0.717) is 5.41 Å². The summed E-state index contributed by atoms with van der Waals surface area (Å²) in [5.41, 5.74) is 0.580. The fourth-order valence-electron chi connectivity index (χ4n) is 2.75. The van der Waals surface area contributed by atoms with Crippen LogP contribution in [0.2, 0.25) is 0 Å². The van der Waals surface area contributed by atoms with Crippen LogP contribution in [0.1, 0.15) is 46.5 Å². The molecule has 1 fully saturated rings. The highest BCUT2D eigenvalue weighted by atomic mass is 32.2. The van der Waals surface area contributed by atoms with Crippen molar-refractivity contribution in [3.8, 4) is 0 Å². The van der Waals surface area contributed by atoms with Gasteiger partial charge in [-0.05, 0) is 55.6 Å². The summed E-state index contributed by atoms with van der Waals surface area (Å²) < 4.78 is 0. The maximum Gasteiger partial charge on any atom is 0.00930 e. The molecule has 90 valence electrons. The molecule has 0 aliphatic heterocycles. The van der Waals surface area contributed by atoms with Gasteiger partial charge in [0.2, 0.25) is 0 Å². The maximum atomic E-state index is 3.73. The number of hydrogen-bond acceptors (Lipinski definition) is 2. The molecule has 2 atom stereocenters. The lowest BCUT2D eigenvalue weighted by molar-refractivity contribution is 0.149. The van der Waals surface area contributed by atoms with Gasteiger partial charge in [-0.25, -0.2) is 0 Å². The van der Waals surface area contributed by atoms with Crippen molar-refractivity contribution in [2.75, 3.05) is 18.6 Å². The molecule has 0 spiro atoms. The average Bonchev–Trinajstić information content (AvgIpc) is 2.14. The van der Waals surface area contributed by atoms with E-state index in [0.717, 1.165) is 12.0 Å². The van der Waals surface area contributed by atoms with Gasteiger partial charge in [-0.1, -0.05) is 20.8 Å². The highest BCUT2D eigenvalue weighted by molar-refractivity contribution is 7.98. The zero-order chi connectivity index (χ0) is 11.3. The van der Waals surface area contributed by atoms with E-state index in [-0.39, 0.29) is 0 Å². The zero-order valence-corrected chi connectivity index (χ0v) is 11.6. The van der Waals surface area contributed by atoms with Crippen LogP contribution in [-0.4, -0.2) is 24.6 Å².